The first kappa shape index (κ1) is 107. The number of esters is 3. The van der Waals surface area contributed by atoms with Gasteiger partial charge in [0.05, 0.1) is 73.1 Å². The van der Waals surface area contributed by atoms with Crippen LogP contribution in [0.5, 0.6) is 0 Å². The third-order valence-electron chi connectivity index (χ3n) is 22.4. The molecule has 8 rings (SSSR count). The zero-order valence-electron chi connectivity index (χ0n) is 71.9. The quantitative estimate of drug-likeness (QED) is 0.0111. The molecule has 32 nitrogen and oxygen atoms in total. The lowest BCUT2D eigenvalue weighted by atomic mass is 9.85. The Balaban J connectivity index is 0.000000436. The van der Waals surface area contributed by atoms with Gasteiger partial charge >= 0.3 is 36.4 Å². The van der Waals surface area contributed by atoms with E-state index in [0.29, 0.717) is 13.2 Å². The normalized spacial score (nSPS) is 34.3. The second-order valence-electron chi connectivity index (χ2n) is 30.4. The lowest BCUT2D eigenvalue weighted by molar-refractivity contribution is -0.330. The van der Waals surface area contributed by atoms with E-state index < -0.39 is 108 Å². The fourth-order valence-corrected chi connectivity index (χ4v) is 15.8. The van der Waals surface area contributed by atoms with Gasteiger partial charge in [0.1, 0.15) is 44.2 Å². The molecule has 0 aliphatic carbocycles. The van der Waals surface area contributed by atoms with Crippen molar-refractivity contribution in [2.24, 2.45) is 47.3 Å². The molecule has 30 atom stereocenters. The molecule has 6 saturated heterocycles. The van der Waals surface area contributed by atoms with Crippen LogP contribution in [-0.2, 0) is 141 Å². The van der Waals surface area contributed by atoms with Gasteiger partial charge in [0, 0.05) is 103 Å². The first-order valence-electron chi connectivity index (χ1n) is 40.3. The molecule has 0 spiro atoms. The molecule has 2 aromatic carbocycles. The molecule has 0 bridgehead atoms. The third kappa shape index (κ3) is 34.0. The SMILES string of the molecule is CNC1C(OC(=N)C(Cl)(Cl)Cl)OC(COC(C)=O)[C@@H](O[C@@H]2OC(C)[C@@H](C)C(OC)[C@@H]2C)[C@@H]1C.CNC1[C@H](OCCCCCc2ccccc2)OC(COC(C)=O)[C@@H](O[C@@H]2OC(C)[C@@H](C)C(OC)[C@@H]2C)[C@@H]1C.CNC1[C@H](OCCCCCc2ccccc2)OC(COC(C)=O)[C@@H](O[C@@H]2OC(C)[C@@H](O)C(OC)[C@@H]2C)[C@@H]1C.O=C=O.O=C=O.O=C=O. The average molecular weight is 1740 g/mol. The molecule has 5 N–H and O–H groups in total. The van der Waals surface area contributed by atoms with Gasteiger partial charge in [-0.15, -0.1) is 0 Å². The number of rotatable bonds is 33. The van der Waals surface area contributed by atoms with E-state index in [9.17, 15) is 19.5 Å². The van der Waals surface area contributed by atoms with Crippen molar-refractivity contribution in [2.45, 2.75) is 287 Å². The van der Waals surface area contributed by atoms with E-state index in [1.807, 2.05) is 53.9 Å². The van der Waals surface area contributed by atoms with Crippen LogP contribution in [0, 0.1) is 52.8 Å². The number of alkyl halides is 3. The summed E-state index contributed by atoms with van der Waals surface area (Å²) in [7, 11) is 10.5. The molecular weight excluding hydrogens is 1610 g/mol. The minimum absolute atomic E-state index is 0.00838. The largest absolute Gasteiger partial charge is 0.463 e. The fourth-order valence-electron chi connectivity index (χ4n) is 15.7. The van der Waals surface area contributed by atoms with Crippen LogP contribution >= 0.6 is 34.8 Å². The Morgan fingerprint density at radius 1 is 0.415 bits per heavy atom. The Morgan fingerprint density at radius 3 is 1.01 bits per heavy atom. The van der Waals surface area contributed by atoms with E-state index in [2.05, 4.69) is 106 Å². The summed E-state index contributed by atoms with van der Waals surface area (Å²) in [4.78, 5) is 83.5. The van der Waals surface area contributed by atoms with Gasteiger partial charge in [-0.25, -0.2) is 0 Å². The summed E-state index contributed by atoms with van der Waals surface area (Å²) < 4.78 is 106. The number of aliphatic hydroxyl groups is 1. The number of hydrogen-bond donors (Lipinski definition) is 5. The molecule has 118 heavy (non-hydrogen) atoms. The number of unbranched alkanes of at least 4 members (excludes halogenated alkanes) is 4. The summed E-state index contributed by atoms with van der Waals surface area (Å²) in [5.74, 6) is -1.81. The first-order chi connectivity index (χ1) is 56.1. The molecule has 0 aromatic heterocycles. The van der Waals surface area contributed by atoms with Gasteiger partial charge in [-0.1, -0.05) is 164 Å². The van der Waals surface area contributed by atoms with Crippen molar-refractivity contribution in [1.82, 2.24) is 16.0 Å². The van der Waals surface area contributed by atoms with Gasteiger partial charge in [-0.3, -0.25) is 19.8 Å². The second kappa shape index (κ2) is 56.4. The Kier molecular flexibility index (Phi) is 51.0. The van der Waals surface area contributed by atoms with E-state index in [-0.39, 0.29) is 140 Å². The summed E-state index contributed by atoms with van der Waals surface area (Å²) >= 11 is 17.3. The molecule has 0 amide bonds. The second-order valence-corrected chi connectivity index (χ2v) is 32.7. The predicted octanol–water partition coefficient (Wildman–Crippen LogP) is 8.94. The highest BCUT2D eigenvalue weighted by Gasteiger charge is 2.54. The Hall–Kier alpha value is -5.39. The summed E-state index contributed by atoms with van der Waals surface area (Å²) in [6, 6.07) is 20.4. The van der Waals surface area contributed by atoms with Crippen molar-refractivity contribution in [1.29, 1.82) is 5.41 Å². The number of carbonyl (C=O) groups is 3. The maximum atomic E-state index is 11.7. The predicted molar refractivity (Wildman–Crippen MR) is 428 cm³/mol. The van der Waals surface area contributed by atoms with Gasteiger partial charge in [0.2, 0.25) is 12.2 Å². The van der Waals surface area contributed by atoms with Crippen LogP contribution in [0.15, 0.2) is 60.7 Å². The summed E-state index contributed by atoms with van der Waals surface area (Å²) in [5.41, 5.74) is 2.72. The van der Waals surface area contributed by atoms with Crippen molar-refractivity contribution in [3.63, 3.8) is 0 Å². The zero-order chi connectivity index (χ0) is 88.5. The van der Waals surface area contributed by atoms with Gasteiger partial charge in [-0.2, -0.15) is 28.8 Å². The maximum absolute atomic E-state index is 11.7. The van der Waals surface area contributed by atoms with Crippen molar-refractivity contribution in [3.05, 3.63) is 71.8 Å². The number of nitrogens with one attached hydrogen (secondary N) is 4. The monoisotopic (exact) mass is 1740 g/mol. The van der Waals surface area contributed by atoms with Crippen molar-refractivity contribution in [2.75, 3.05) is 75.5 Å². The fraction of sp³-hybridized carbons (Fsp3) is 0.771. The Bertz CT molecular complexity index is 3090. The number of likely N-dealkylation sites (N-methyl/N-ethyl adjacent to an activating group) is 3. The molecule has 672 valence electrons. The summed E-state index contributed by atoms with van der Waals surface area (Å²) in [6.07, 6.45) is 0.716. The van der Waals surface area contributed by atoms with E-state index in [1.54, 1.807) is 35.3 Å². The van der Waals surface area contributed by atoms with Crippen molar-refractivity contribution < 1.29 is 134 Å². The molecule has 6 heterocycles. The number of halogens is 3. The number of ether oxygens (including phenoxy) is 18. The Labute approximate surface area is 710 Å². The highest BCUT2D eigenvalue weighted by Crippen LogP contribution is 2.41. The number of aliphatic hydroxyl groups excluding tert-OH is 1. The number of hydrogen-bond acceptors (Lipinski definition) is 32. The molecular formula is C83H131Cl3N4O28. The lowest BCUT2D eigenvalue weighted by Gasteiger charge is -2.49. The molecule has 35 heteroatoms. The topological polar surface area (TPSA) is 400 Å². The first-order valence-corrected chi connectivity index (χ1v) is 41.4. The minimum Gasteiger partial charge on any atom is -0.463 e. The van der Waals surface area contributed by atoms with Gasteiger partial charge in [0.15, 0.2) is 31.5 Å². The molecule has 0 radical (unpaired) electrons. The van der Waals surface area contributed by atoms with Crippen LogP contribution in [-0.4, -0.2) is 262 Å². The zero-order valence-corrected chi connectivity index (χ0v) is 74.2. The molecule has 13 unspecified atom stereocenters. The molecule has 0 saturated carbocycles. The van der Waals surface area contributed by atoms with Crippen LogP contribution in [0.1, 0.15) is 147 Å². The standard InChI is InChI=1S/C30H49NO7.C29H47NO8.C21H35Cl3N2O7.3CO2/c1-19-22(4)36-29(21(3)27(19)33-7)38-28-20(2)26(31-6)30(37-25(28)18-35-23(5)32)34-17-13-9-12-16-24-14-10-8-11-15-24;1-18-24(30-5)29(34-16-12-8-11-15-22-13-9-7-10-14-22)37-23(17-35-21(4)31)26(18)38-28-19(2)27(33-6)25(32)20(3)36-28;1-9-12(4)30-18(11(3)16(9)28-7)32-17-10(2)15(26-6)19(33-20(25)21(22,23)24)31-14(17)8-29-13(5)27;3*2-1-3/h8,10-11,14-15,19-22,25-31H,9,12-13,16-18H2,1-7H3;7,9-10,13-14,18-20,23-30,32H,8,11-12,15-17H2,1-6H3;9-12,14-19,25-26H,8H2,1-7H3;;;/t19-,20-,21+,22?,25?,26?,27?,28+,29+,30-;18-,19+,20?,23?,24?,25-,26+,27?,28+,29-;9-,10-,11+,12?,14?,15?,16?,17+,18+,19?;;;/m111.../s1. The highest BCUT2D eigenvalue weighted by molar-refractivity contribution is 6.76. The minimum atomic E-state index is -2.04. The number of methoxy groups -OCH3 is 3. The van der Waals surface area contributed by atoms with E-state index >= 15 is 0 Å². The molecule has 6 fully saturated rings. The molecule has 6 aliphatic heterocycles. The number of aryl methyl sites for hydroxylation is 2. The van der Waals surface area contributed by atoms with E-state index in [0.717, 1.165) is 51.4 Å². The summed E-state index contributed by atoms with van der Waals surface area (Å²) in [5, 5.41) is 28.2. The van der Waals surface area contributed by atoms with Crippen LogP contribution in [0.3, 0.4) is 0 Å². The van der Waals surface area contributed by atoms with Crippen LogP contribution < -0.4 is 16.0 Å². The van der Waals surface area contributed by atoms with E-state index in [4.69, 9.17) is 154 Å². The van der Waals surface area contributed by atoms with Gasteiger partial charge in [-0.05, 0) is 91.6 Å². The van der Waals surface area contributed by atoms with Crippen LogP contribution in [0.25, 0.3) is 0 Å². The Morgan fingerprint density at radius 2 is 0.712 bits per heavy atom. The van der Waals surface area contributed by atoms with Crippen molar-refractivity contribution >= 4 is 77.1 Å². The molecule has 6 aliphatic rings. The maximum Gasteiger partial charge on any atom is 0.373 e. The lowest BCUT2D eigenvalue weighted by Crippen LogP contribution is -2.62. The van der Waals surface area contributed by atoms with Gasteiger partial charge < -0.3 is 106 Å². The van der Waals surface area contributed by atoms with Gasteiger partial charge in [0.25, 0.3) is 3.79 Å². The van der Waals surface area contributed by atoms with Crippen molar-refractivity contribution in [3.8, 4) is 0 Å². The number of carbonyl (C=O) groups excluding carboxylic acids is 9. The molecule has 2 aromatic rings. The average Bonchev–Trinajstić information content (AvgIpc) is 0.806. The third-order valence-corrected chi connectivity index (χ3v) is 22.9. The smallest absolute Gasteiger partial charge is 0.373 e. The van der Waals surface area contributed by atoms with Crippen LogP contribution in [0.2, 0.25) is 0 Å². The number of benzene rings is 2. The highest BCUT2D eigenvalue weighted by atomic mass is 35.6. The van der Waals surface area contributed by atoms with E-state index in [1.165, 1.54) is 31.9 Å². The van der Waals surface area contributed by atoms with Crippen LogP contribution in [0.4, 0.5) is 0 Å². The summed E-state index contributed by atoms with van der Waals surface area (Å²) in [6.45, 7) is 27.6.